The summed E-state index contributed by atoms with van der Waals surface area (Å²) < 4.78 is 0. The first-order valence-corrected chi connectivity index (χ1v) is 6.34. The molecule has 0 aliphatic rings. The Morgan fingerprint density at radius 3 is 2.65 bits per heavy atom. The van der Waals surface area contributed by atoms with Crippen molar-refractivity contribution >= 4 is 29.0 Å². The van der Waals surface area contributed by atoms with Crippen molar-refractivity contribution in [1.82, 2.24) is 0 Å². The van der Waals surface area contributed by atoms with Gasteiger partial charge < -0.3 is 5.11 Å². The molecule has 0 fully saturated rings. The molecule has 0 heterocycles. The molecule has 2 rings (SSSR count). The maximum absolute atomic E-state index is 11.1. The van der Waals surface area contributed by atoms with Gasteiger partial charge >= 0.3 is 5.97 Å². The molecule has 0 bridgehead atoms. The van der Waals surface area contributed by atoms with Crippen LogP contribution in [0.15, 0.2) is 53.6 Å². The van der Waals surface area contributed by atoms with Crippen LogP contribution in [0.3, 0.4) is 0 Å². The number of nitrogens with zero attached hydrogens (tertiary/aromatic N) is 1. The predicted octanol–water partition coefficient (Wildman–Crippen LogP) is 3.87. The molecule has 0 spiro atoms. The summed E-state index contributed by atoms with van der Waals surface area (Å²) in [4.78, 5) is 11.1. The van der Waals surface area contributed by atoms with Crippen molar-refractivity contribution < 1.29 is 9.90 Å². The average Bonchev–Trinajstić information content (AvgIpc) is 2.45. The topological polar surface area (TPSA) is 61.7 Å². The molecule has 4 nitrogen and oxygen atoms in total. The van der Waals surface area contributed by atoms with Crippen molar-refractivity contribution in [3.05, 3.63) is 64.7 Å². The van der Waals surface area contributed by atoms with Crippen LogP contribution in [0.4, 0.5) is 5.69 Å². The molecule has 0 aliphatic heterocycles. The van der Waals surface area contributed by atoms with E-state index in [2.05, 4.69) is 10.5 Å². The van der Waals surface area contributed by atoms with E-state index >= 15 is 0 Å². The Bertz CT molecular complexity index is 668. The van der Waals surface area contributed by atoms with E-state index in [0.717, 1.165) is 5.56 Å². The lowest BCUT2D eigenvalue weighted by Crippen LogP contribution is -2.04. The highest BCUT2D eigenvalue weighted by Crippen LogP contribution is 2.16. The fourth-order valence-electron chi connectivity index (χ4n) is 1.69. The summed E-state index contributed by atoms with van der Waals surface area (Å²) >= 11 is 5.92. The maximum atomic E-state index is 11.1. The van der Waals surface area contributed by atoms with Crippen molar-refractivity contribution in [3.8, 4) is 0 Å². The summed E-state index contributed by atoms with van der Waals surface area (Å²) in [6.07, 6.45) is 0. The van der Waals surface area contributed by atoms with Crippen LogP contribution in [-0.2, 0) is 0 Å². The third kappa shape index (κ3) is 3.36. The van der Waals surface area contributed by atoms with E-state index in [1.165, 1.54) is 6.07 Å². The fraction of sp³-hybridized carbons (Fsp3) is 0.0667. The SMILES string of the molecule is C/C(=N\Nc1ccccc1C(=O)O)c1cccc(Cl)c1. The van der Waals surface area contributed by atoms with E-state index in [0.29, 0.717) is 16.4 Å². The highest BCUT2D eigenvalue weighted by molar-refractivity contribution is 6.31. The van der Waals surface area contributed by atoms with Gasteiger partial charge in [0.15, 0.2) is 0 Å². The minimum Gasteiger partial charge on any atom is -0.478 e. The van der Waals surface area contributed by atoms with E-state index in [1.54, 1.807) is 30.3 Å². The van der Waals surface area contributed by atoms with Gasteiger partial charge in [-0.05, 0) is 36.8 Å². The van der Waals surface area contributed by atoms with Crippen LogP contribution in [0.2, 0.25) is 5.02 Å². The summed E-state index contributed by atoms with van der Waals surface area (Å²) in [7, 11) is 0. The van der Waals surface area contributed by atoms with Gasteiger partial charge in [0.05, 0.1) is 17.0 Å². The van der Waals surface area contributed by atoms with Gasteiger partial charge in [-0.15, -0.1) is 0 Å². The number of nitrogens with one attached hydrogen (secondary N) is 1. The van der Waals surface area contributed by atoms with Gasteiger partial charge in [-0.3, -0.25) is 5.43 Å². The quantitative estimate of drug-likeness (QED) is 0.663. The van der Waals surface area contributed by atoms with Gasteiger partial charge in [-0.1, -0.05) is 35.9 Å². The molecule has 102 valence electrons. The summed E-state index contributed by atoms with van der Waals surface area (Å²) in [5.41, 5.74) is 4.99. The van der Waals surface area contributed by atoms with Gasteiger partial charge in [-0.2, -0.15) is 5.10 Å². The first-order valence-electron chi connectivity index (χ1n) is 5.96. The van der Waals surface area contributed by atoms with Gasteiger partial charge in [0.1, 0.15) is 0 Å². The number of carboxylic acid groups (broad SMARTS) is 1. The Morgan fingerprint density at radius 1 is 1.20 bits per heavy atom. The lowest BCUT2D eigenvalue weighted by Gasteiger charge is -2.06. The lowest BCUT2D eigenvalue weighted by molar-refractivity contribution is 0.0698. The normalized spacial score (nSPS) is 11.2. The number of hydrazone groups is 1. The first kappa shape index (κ1) is 14.1. The maximum Gasteiger partial charge on any atom is 0.337 e. The van der Waals surface area contributed by atoms with Crippen LogP contribution < -0.4 is 5.43 Å². The van der Waals surface area contributed by atoms with Gasteiger partial charge in [0.2, 0.25) is 0 Å². The Hall–Kier alpha value is -2.33. The van der Waals surface area contributed by atoms with Crippen LogP contribution in [-0.4, -0.2) is 16.8 Å². The Balaban J connectivity index is 2.23. The number of anilines is 1. The lowest BCUT2D eigenvalue weighted by atomic mass is 10.1. The molecule has 0 aromatic heterocycles. The molecule has 0 radical (unpaired) electrons. The number of carbonyl (C=O) groups is 1. The second kappa shape index (κ2) is 6.21. The third-order valence-electron chi connectivity index (χ3n) is 2.74. The number of carboxylic acids is 1. The molecule has 2 N–H and O–H groups in total. The molecule has 0 amide bonds. The number of rotatable bonds is 4. The molecule has 0 aliphatic carbocycles. The molecular weight excluding hydrogens is 276 g/mol. The molecule has 0 saturated heterocycles. The molecule has 20 heavy (non-hydrogen) atoms. The van der Waals surface area contributed by atoms with E-state index in [1.807, 2.05) is 19.1 Å². The smallest absolute Gasteiger partial charge is 0.337 e. The van der Waals surface area contributed by atoms with Crippen LogP contribution in [0.25, 0.3) is 0 Å². The highest BCUT2D eigenvalue weighted by Gasteiger charge is 2.08. The second-order valence-corrected chi connectivity index (χ2v) is 4.61. The molecular formula is C15H13ClN2O2. The summed E-state index contributed by atoms with van der Waals surface area (Å²) in [5.74, 6) is -0.997. The first-order chi connectivity index (χ1) is 9.58. The highest BCUT2D eigenvalue weighted by atomic mass is 35.5. The molecule has 0 saturated carbocycles. The van der Waals surface area contributed by atoms with E-state index in [9.17, 15) is 4.79 Å². The second-order valence-electron chi connectivity index (χ2n) is 4.17. The van der Waals surface area contributed by atoms with Crippen LogP contribution in [0.5, 0.6) is 0 Å². The van der Waals surface area contributed by atoms with Crippen LogP contribution in [0, 0.1) is 0 Å². The molecule has 0 atom stereocenters. The average molecular weight is 289 g/mol. The Labute approximate surface area is 121 Å². The zero-order valence-corrected chi connectivity index (χ0v) is 11.6. The number of benzene rings is 2. The zero-order valence-electron chi connectivity index (χ0n) is 10.8. The largest absolute Gasteiger partial charge is 0.478 e. The van der Waals surface area contributed by atoms with Crippen molar-refractivity contribution in [2.45, 2.75) is 6.92 Å². The number of para-hydroxylation sites is 1. The number of aromatic carboxylic acids is 1. The van der Waals surface area contributed by atoms with Gasteiger partial charge in [-0.25, -0.2) is 4.79 Å². The third-order valence-corrected chi connectivity index (χ3v) is 2.98. The zero-order chi connectivity index (χ0) is 14.5. The van der Waals surface area contributed by atoms with Crippen molar-refractivity contribution in [1.29, 1.82) is 0 Å². The van der Waals surface area contributed by atoms with E-state index < -0.39 is 5.97 Å². The number of hydrogen-bond acceptors (Lipinski definition) is 3. The van der Waals surface area contributed by atoms with Gasteiger partial charge in [0, 0.05) is 5.02 Å². The van der Waals surface area contributed by atoms with Crippen LogP contribution in [0.1, 0.15) is 22.8 Å². The summed E-state index contributed by atoms with van der Waals surface area (Å²) in [6, 6.07) is 13.9. The molecule has 0 unspecified atom stereocenters. The number of hydrogen-bond donors (Lipinski definition) is 2. The van der Waals surface area contributed by atoms with Crippen molar-refractivity contribution in [2.75, 3.05) is 5.43 Å². The van der Waals surface area contributed by atoms with Crippen LogP contribution >= 0.6 is 11.6 Å². The predicted molar refractivity (Wildman–Crippen MR) is 80.7 cm³/mol. The Morgan fingerprint density at radius 2 is 1.95 bits per heavy atom. The van der Waals surface area contributed by atoms with Crippen molar-refractivity contribution in [2.24, 2.45) is 5.10 Å². The van der Waals surface area contributed by atoms with Gasteiger partial charge in [0.25, 0.3) is 0 Å². The summed E-state index contributed by atoms with van der Waals surface area (Å²) in [6.45, 7) is 1.82. The standard InChI is InChI=1S/C15H13ClN2O2/c1-10(11-5-4-6-12(16)9-11)17-18-14-8-3-2-7-13(14)15(19)20/h2-9,18H,1H3,(H,19,20)/b17-10+. The fourth-order valence-corrected chi connectivity index (χ4v) is 1.88. The monoisotopic (exact) mass is 288 g/mol. The number of halogens is 1. The van der Waals surface area contributed by atoms with Crippen molar-refractivity contribution in [3.63, 3.8) is 0 Å². The summed E-state index contributed by atoms with van der Waals surface area (Å²) in [5, 5.41) is 13.9. The Kier molecular flexibility index (Phi) is 4.38. The van der Waals surface area contributed by atoms with E-state index in [-0.39, 0.29) is 5.56 Å². The van der Waals surface area contributed by atoms with E-state index in [4.69, 9.17) is 16.7 Å². The minimum absolute atomic E-state index is 0.176. The molecule has 2 aromatic carbocycles. The minimum atomic E-state index is -0.997. The molecule has 5 heteroatoms. The molecule has 2 aromatic rings.